The fraction of sp³-hybridized carbons (Fsp3) is 0.0833. The van der Waals surface area contributed by atoms with Crippen LogP contribution in [0.25, 0.3) is 0 Å². The second-order valence-corrected chi connectivity index (χ2v) is 3.85. The molecule has 4 rings (SSSR count). The summed E-state index contributed by atoms with van der Waals surface area (Å²) in [6.07, 6.45) is 0. The van der Waals surface area contributed by atoms with Crippen molar-refractivity contribution in [1.82, 2.24) is 0 Å². The molecule has 0 heterocycles. The molecule has 0 aliphatic heterocycles. The van der Waals surface area contributed by atoms with E-state index in [9.17, 15) is 0 Å². The molecule has 0 saturated carbocycles. The van der Waals surface area contributed by atoms with Gasteiger partial charge in [-0.2, -0.15) is 86.6 Å². The van der Waals surface area contributed by atoms with E-state index in [0.29, 0.717) is 0 Å². The molecule has 0 fully saturated rings. The fourth-order valence-corrected chi connectivity index (χ4v) is 1.28. The molecule has 0 amide bonds. The molecule has 4 aromatic carbocycles. The minimum atomic E-state index is 0. The van der Waals surface area contributed by atoms with Crippen LogP contribution in [0, 0.1) is 13.8 Å². The first kappa shape index (κ1) is 32.1. The van der Waals surface area contributed by atoms with Gasteiger partial charge in [0.2, 0.25) is 0 Å². The molecule has 0 nitrogen and oxygen atoms in total. The van der Waals surface area contributed by atoms with Crippen molar-refractivity contribution in [2.45, 2.75) is 13.8 Å². The third-order valence-corrected chi connectivity index (χ3v) is 2.22. The Bertz CT molecular complexity index is 341. The summed E-state index contributed by atoms with van der Waals surface area (Å²) in [5.74, 6) is 0. The van der Waals surface area contributed by atoms with E-state index in [0.717, 1.165) is 0 Å². The largest absolute Gasteiger partial charge is 3.00 e. The van der Waals surface area contributed by atoms with E-state index >= 15 is 0 Å². The summed E-state index contributed by atoms with van der Waals surface area (Å²) in [6.45, 7) is 10.0. The first-order valence-corrected chi connectivity index (χ1v) is 8.08. The van der Waals surface area contributed by atoms with Gasteiger partial charge < -0.3 is 13.8 Å². The van der Waals surface area contributed by atoms with Crippen LogP contribution in [-0.2, 0) is 34.1 Å². The second-order valence-electron chi connectivity index (χ2n) is 3.85. The number of hydrogen-bond acceptors (Lipinski definition) is 0. The van der Waals surface area contributed by atoms with Crippen molar-refractivity contribution in [3.63, 3.8) is 0 Å². The summed E-state index contributed by atoms with van der Waals surface area (Å²) in [6, 6.07) is 40.0. The van der Waals surface area contributed by atoms with Crippen molar-refractivity contribution in [1.29, 1.82) is 0 Å². The monoisotopic (exact) mass is 430 g/mol. The molecule has 0 aliphatic carbocycles. The van der Waals surface area contributed by atoms with Crippen LogP contribution in [-0.4, -0.2) is 0 Å². The van der Waals surface area contributed by atoms with Crippen molar-refractivity contribution in [3.8, 4) is 0 Å². The standard InChI is InChI=1S/4C5H5.2C2H5.2Fe/c4*1-2-4-5-3-1;2*1-2;;/h4*1-5H;2*1H2,2H3;;/q6*-1;2*+3. The normalized spacial score (nSPS) is 6.62. The summed E-state index contributed by atoms with van der Waals surface area (Å²) >= 11 is 0. The van der Waals surface area contributed by atoms with Gasteiger partial charge >= 0.3 is 34.1 Å². The predicted molar refractivity (Wildman–Crippen MR) is 110 cm³/mol. The molecule has 2 radical (unpaired) electrons. The molecule has 0 aliphatic rings. The molecule has 0 N–H and O–H groups in total. The van der Waals surface area contributed by atoms with Gasteiger partial charge in [-0.25, -0.2) is 48.5 Å². The maximum absolute atomic E-state index is 3.25. The van der Waals surface area contributed by atoms with Crippen LogP contribution < -0.4 is 0 Å². The Balaban J connectivity index is -0.000000114. The van der Waals surface area contributed by atoms with Crippen molar-refractivity contribution in [2.75, 3.05) is 0 Å². The molecule has 0 atom stereocenters. The van der Waals surface area contributed by atoms with Crippen molar-refractivity contribution < 1.29 is 34.1 Å². The van der Waals surface area contributed by atoms with Gasteiger partial charge in [-0.3, -0.25) is 0 Å². The Morgan fingerprint density at radius 1 is 0.346 bits per heavy atom. The summed E-state index contributed by atoms with van der Waals surface area (Å²) in [4.78, 5) is 0. The minimum Gasteiger partial charge on any atom is -0.346 e. The van der Waals surface area contributed by atoms with Gasteiger partial charge in [-0.1, -0.05) is 0 Å². The van der Waals surface area contributed by atoms with Gasteiger partial charge in [0.15, 0.2) is 0 Å². The number of hydrogen-bond donors (Lipinski definition) is 0. The van der Waals surface area contributed by atoms with E-state index in [-0.39, 0.29) is 34.1 Å². The Morgan fingerprint density at radius 2 is 0.462 bits per heavy atom. The molecule has 0 unspecified atom stereocenters. The van der Waals surface area contributed by atoms with Gasteiger partial charge in [-0.15, -0.1) is 0 Å². The van der Waals surface area contributed by atoms with Crippen LogP contribution in [0.4, 0.5) is 0 Å². The molecule has 26 heavy (non-hydrogen) atoms. The SMILES string of the molecule is [CH2-]C.[CH2-]C.[Fe+3].[Fe+3].c1cc[cH-]c1.c1cc[cH-]c1.c1cc[cH-]c1.c1cc[cH-]c1. The third kappa shape index (κ3) is 30.3. The quantitative estimate of drug-likeness (QED) is 0.203. The van der Waals surface area contributed by atoms with Gasteiger partial charge in [0.05, 0.1) is 0 Å². The van der Waals surface area contributed by atoms with Gasteiger partial charge in [0, 0.05) is 0 Å². The molecule has 0 saturated heterocycles. The zero-order valence-electron chi connectivity index (χ0n) is 15.7. The molecule has 0 aromatic heterocycles. The van der Waals surface area contributed by atoms with Crippen LogP contribution >= 0.6 is 0 Å². The first-order chi connectivity index (χ1) is 12.0. The van der Waals surface area contributed by atoms with Crippen LogP contribution in [0.3, 0.4) is 0 Å². The van der Waals surface area contributed by atoms with Crippen molar-refractivity contribution in [2.24, 2.45) is 0 Å². The average molecular weight is 430 g/mol. The van der Waals surface area contributed by atoms with E-state index < -0.39 is 0 Å². The van der Waals surface area contributed by atoms with E-state index in [1.807, 2.05) is 121 Å². The fourth-order valence-electron chi connectivity index (χ4n) is 1.28. The Hall–Kier alpha value is -1.56. The van der Waals surface area contributed by atoms with Crippen LogP contribution in [0.2, 0.25) is 0 Å². The molecule has 142 valence electrons. The maximum Gasteiger partial charge on any atom is 3.00 e. The van der Waals surface area contributed by atoms with Gasteiger partial charge in [0.25, 0.3) is 0 Å². The predicted octanol–water partition coefficient (Wildman–Crippen LogP) is 7.30. The van der Waals surface area contributed by atoms with E-state index in [1.54, 1.807) is 13.8 Å². The topological polar surface area (TPSA) is 0 Å². The minimum absolute atomic E-state index is 0. The van der Waals surface area contributed by atoms with Crippen molar-refractivity contribution in [3.05, 3.63) is 135 Å². The van der Waals surface area contributed by atoms with E-state index in [2.05, 4.69) is 13.8 Å². The van der Waals surface area contributed by atoms with E-state index in [1.165, 1.54) is 0 Å². The maximum atomic E-state index is 3.25. The molecule has 2 heteroatoms. The van der Waals surface area contributed by atoms with E-state index in [4.69, 9.17) is 0 Å². The smallest absolute Gasteiger partial charge is 0.346 e. The van der Waals surface area contributed by atoms with Crippen LogP contribution in [0.5, 0.6) is 0 Å². The third-order valence-electron chi connectivity index (χ3n) is 2.22. The van der Waals surface area contributed by atoms with Crippen molar-refractivity contribution >= 4 is 0 Å². The molecular weight excluding hydrogens is 400 g/mol. The molecule has 0 spiro atoms. The zero-order chi connectivity index (χ0) is 18.1. The molecule has 4 aromatic rings. The first-order valence-electron chi connectivity index (χ1n) is 8.08. The van der Waals surface area contributed by atoms with Gasteiger partial charge in [-0.05, 0) is 0 Å². The Morgan fingerprint density at radius 3 is 0.500 bits per heavy atom. The zero-order valence-corrected chi connectivity index (χ0v) is 17.9. The van der Waals surface area contributed by atoms with Crippen LogP contribution in [0.15, 0.2) is 121 Å². The Kier molecular flexibility index (Phi) is 42.9. The molecule has 0 bridgehead atoms. The summed E-state index contributed by atoms with van der Waals surface area (Å²) in [7, 11) is 0. The summed E-state index contributed by atoms with van der Waals surface area (Å²) < 4.78 is 0. The second kappa shape index (κ2) is 34.7. The molecular formula is C24H30Fe2. The summed E-state index contributed by atoms with van der Waals surface area (Å²) in [5.41, 5.74) is 0. The Labute approximate surface area is 182 Å². The average Bonchev–Trinajstić information content (AvgIpc) is 3.48. The van der Waals surface area contributed by atoms with Gasteiger partial charge in [0.1, 0.15) is 0 Å². The number of rotatable bonds is 0. The van der Waals surface area contributed by atoms with Crippen LogP contribution in [0.1, 0.15) is 13.8 Å². The summed E-state index contributed by atoms with van der Waals surface area (Å²) in [5, 5.41) is 0.